The molecular weight excluding hydrogens is 528 g/mol. The van der Waals surface area contributed by atoms with E-state index in [1.165, 1.54) is 0 Å². The van der Waals surface area contributed by atoms with E-state index in [0.29, 0.717) is 38.2 Å². The average molecular weight is 575 g/mol. The number of piperazine rings is 1. The van der Waals surface area contributed by atoms with Gasteiger partial charge < -0.3 is 34.6 Å². The van der Waals surface area contributed by atoms with E-state index in [4.69, 9.17) is 19.9 Å². The van der Waals surface area contributed by atoms with Crippen LogP contribution in [-0.2, 0) is 25.6 Å². The molecule has 1 aromatic carbocycles. The Bertz CT molecular complexity index is 1150. The first-order valence-corrected chi connectivity index (χ1v) is 13.8. The number of benzene rings is 1. The number of nitrogens with zero attached hydrogens (tertiary/aromatic N) is 3. The molecule has 1 aromatic rings. The highest BCUT2D eigenvalue weighted by molar-refractivity contribution is 5.99. The number of primary amides is 1. The maximum absolute atomic E-state index is 12.4. The van der Waals surface area contributed by atoms with Gasteiger partial charge in [-0.2, -0.15) is 0 Å². The molecule has 228 valence electrons. The molecule has 11 nitrogen and oxygen atoms in total. The molecule has 0 radical (unpaired) electrons. The first-order chi connectivity index (χ1) is 18.8. The minimum Gasteiger partial charge on any atom is -0.489 e. The quantitative estimate of drug-likeness (QED) is 0.416. The zero-order chi connectivity index (χ0) is 31.3. The third-order valence-corrected chi connectivity index (χ3v) is 6.17. The van der Waals surface area contributed by atoms with Crippen molar-refractivity contribution in [2.75, 3.05) is 38.2 Å². The number of esters is 1. The van der Waals surface area contributed by atoms with Gasteiger partial charge >= 0.3 is 12.1 Å². The number of ether oxygens (including phenoxy) is 3. The van der Waals surface area contributed by atoms with Gasteiger partial charge in [-0.05, 0) is 66.2 Å². The van der Waals surface area contributed by atoms with Crippen LogP contribution in [0.15, 0.2) is 24.3 Å². The Morgan fingerprint density at radius 2 is 1.66 bits per heavy atom. The van der Waals surface area contributed by atoms with Crippen LogP contribution in [0, 0.1) is 0 Å². The number of hydrogen-bond acceptors (Lipinski definition) is 8. The van der Waals surface area contributed by atoms with Crippen LogP contribution in [0.5, 0.6) is 5.75 Å². The average Bonchev–Trinajstić information content (AvgIpc) is 3.13. The minimum atomic E-state index is -0.497. The molecule has 1 unspecified atom stereocenters. The van der Waals surface area contributed by atoms with Gasteiger partial charge in [0.25, 0.3) is 5.91 Å². The van der Waals surface area contributed by atoms with Crippen LogP contribution in [0.25, 0.3) is 0 Å². The molecule has 1 fully saturated rings. The van der Waals surface area contributed by atoms with E-state index in [1.807, 2.05) is 54.7 Å². The first-order valence-electron chi connectivity index (χ1n) is 13.8. The Morgan fingerprint density at radius 3 is 2.15 bits per heavy atom. The lowest BCUT2D eigenvalue weighted by molar-refractivity contribution is -0.154. The summed E-state index contributed by atoms with van der Waals surface area (Å²) in [5, 5.41) is 0. The van der Waals surface area contributed by atoms with Crippen molar-refractivity contribution in [2.45, 2.75) is 85.6 Å². The Hall–Kier alpha value is -3.76. The molecule has 4 rings (SSSR count). The van der Waals surface area contributed by atoms with E-state index in [9.17, 15) is 19.2 Å². The Balaban J connectivity index is 0.000000326. The number of anilines is 1. The number of amides is 3. The normalized spacial score (nSPS) is 17.3. The molecule has 11 heteroatoms. The number of hydrogen-bond donors (Lipinski definition) is 1. The lowest BCUT2D eigenvalue weighted by Gasteiger charge is -2.45. The predicted molar refractivity (Wildman–Crippen MR) is 157 cm³/mol. The standard InChI is InChI=1S/C19H25N3O4.C7H14O2.C4H7NO/c1-19(2,3)26-18(24)21-5-6-22-13(10-21)11-25-16-8-14-12(7-15(16)22)9-20(4)17(14)23;1-5-6(8)9-7(2,3)4;1-3(2)4(5)6/h7-8,13H,5-6,9-11H2,1-4H3;5H2,1-4H3;1H2,2H3,(H2,5,6). The van der Waals surface area contributed by atoms with Gasteiger partial charge in [-0.1, -0.05) is 13.5 Å². The number of nitrogens with two attached hydrogens (primary N) is 1. The monoisotopic (exact) mass is 574 g/mol. The summed E-state index contributed by atoms with van der Waals surface area (Å²) in [6.07, 6.45) is 0.182. The highest BCUT2D eigenvalue weighted by Gasteiger charge is 2.38. The van der Waals surface area contributed by atoms with Crippen molar-refractivity contribution in [2.24, 2.45) is 5.73 Å². The first kappa shape index (κ1) is 33.4. The molecule has 0 bridgehead atoms. The summed E-state index contributed by atoms with van der Waals surface area (Å²) in [7, 11) is 1.81. The number of carbonyl (C=O) groups excluding carboxylic acids is 4. The van der Waals surface area contributed by atoms with Gasteiger partial charge in [0.15, 0.2) is 0 Å². The van der Waals surface area contributed by atoms with E-state index in [-0.39, 0.29) is 29.6 Å². The second kappa shape index (κ2) is 13.3. The van der Waals surface area contributed by atoms with E-state index >= 15 is 0 Å². The highest BCUT2D eigenvalue weighted by Crippen LogP contribution is 2.40. The second-order valence-electron chi connectivity index (χ2n) is 12.3. The fourth-order valence-corrected chi connectivity index (χ4v) is 4.22. The third-order valence-electron chi connectivity index (χ3n) is 6.17. The van der Waals surface area contributed by atoms with Crippen molar-refractivity contribution >= 4 is 29.6 Å². The maximum atomic E-state index is 12.4. The van der Waals surface area contributed by atoms with Crippen molar-refractivity contribution in [1.82, 2.24) is 9.80 Å². The maximum Gasteiger partial charge on any atom is 0.410 e. The lowest BCUT2D eigenvalue weighted by atomic mass is 10.0. The van der Waals surface area contributed by atoms with Crippen LogP contribution >= 0.6 is 0 Å². The smallest absolute Gasteiger partial charge is 0.410 e. The van der Waals surface area contributed by atoms with Gasteiger partial charge in [0.2, 0.25) is 5.91 Å². The van der Waals surface area contributed by atoms with E-state index in [2.05, 4.69) is 17.5 Å². The molecule has 3 amide bonds. The SMILES string of the molecule is C=C(C)C(N)=O.CCC(=O)OC(C)(C)C.CN1Cc2cc3c(cc2C1=O)OCC1CN(C(=O)OC(C)(C)C)CCN31. The van der Waals surface area contributed by atoms with Crippen LogP contribution in [-0.4, -0.2) is 84.2 Å². The number of carbonyl (C=O) groups is 4. The van der Waals surface area contributed by atoms with Crippen molar-refractivity contribution in [3.05, 3.63) is 35.4 Å². The molecule has 3 aliphatic heterocycles. The van der Waals surface area contributed by atoms with Crippen molar-refractivity contribution in [3.63, 3.8) is 0 Å². The summed E-state index contributed by atoms with van der Waals surface area (Å²) in [6.45, 7) is 20.9. The Kier molecular flexibility index (Phi) is 10.8. The molecule has 41 heavy (non-hydrogen) atoms. The second-order valence-corrected chi connectivity index (χ2v) is 12.3. The van der Waals surface area contributed by atoms with E-state index in [1.54, 1.807) is 23.6 Å². The fourth-order valence-electron chi connectivity index (χ4n) is 4.22. The van der Waals surface area contributed by atoms with Crippen LogP contribution in [0.3, 0.4) is 0 Å². The highest BCUT2D eigenvalue weighted by atomic mass is 16.6. The van der Waals surface area contributed by atoms with Crippen molar-refractivity contribution < 1.29 is 33.4 Å². The fraction of sp³-hybridized carbons (Fsp3) is 0.600. The summed E-state index contributed by atoms with van der Waals surface area (Å²) >= 11 is 0. The van der Waals surface area contributed by atoms with Crippen molar-refractivity contribution in [1.29, 1.82) is 0 Å². The van der Waals surface area contributed by atoms with E-state index < -0.39 is 11.5 Å². The van der Waals surface area contributed by atoms with Crippen LogP contribution in [0.4, 0.5) is 10.5 Å². The summed E-state index contributed by atoms with van der Waals surface area (Å²) in [4.78, 5) is 50.7. The number of fused-ring (bicyclic) bond motifs is 4. The van der Waals surface area contributed by atoms with Crippen LogP contribution in [0.1, 0.15) is 77.7 Å². The molecule has 0 saturated carbocycles. The van der Waals surface area contributed by atoms with Crippen molar-refractivity contribution in [3.8, 4) is 5.75 Å². The molecule has 0 aliphatic carbocycles. The zero-order valence-electron chi connectivity index (χ0n) is 26.0. The molecular formula is C30H46N4O7. The van der Waals surface area contributed by atoms with Crippen LogP contribution in [0.2, 0.25) is 0 Å². The zero-order valence-corrected chi connectivity index (χ0v) is 26.0. The summed E-state index contributed by atoms with van der Waals surface area (Å²) < 4.78 is 16.4. The minimum absolute atomic E-state index is 0.0447. The van der Waals surface area contributed by atoms with Gasteiger partial charge in [0, 0.05) is 50.8 Å². The Morgan fingerprint density at radius 1 is 1.07 bits per heavy atom. The lowest BCUT2D eigenvalue weighted by Crippen LogP contribution is -2.59. The number of rotatable bonds is 2. The molecule has 0 aromatic heterocycles. The van der Waals surface area contributed by atoms with E-state index in [0.717, 1.165) is 29.1 Å². The topological polar surface area (TPSA) is 132 Å². The van der Waals surface area contributed by atoms with Gasteiger partial charge in [0.05, 0.1) is 11.7 Å². The molecule has 2 N–H and O–H groups in total. The van der Waals surface area contributed by atoms with Gasteiger partial charge in [-0.15, -0.1) is 0 Å². The summed E-state index contributed by atoms with van der Waals surface area (Å²) in [5.74, 6) is 0.232. The largest absolute Gasteiger partial charge is 0.489 e. The van der Waals surface area contributed by atoms with Gasteiger partial charge in [-0.3, -0.25) is 14.4 Å². The molecule has 3 aliphatic rings. The van der Waals surface area contributed by atoms with Gasteiger partial charge in [-0.25, -0.2) is 4.79 Å². The summed E-state index contributed by atoms with van der Waals surface area (Å²) in [5.41, 5.74) is 7.06. The summed E-state index contributed by atoms with van der Waals surface area (Å²) in [6, 6.07) is 4.03. The van der Waals surface area contributed by atoms with Crippen LogP contribution < -0.4 is 15.4 Å². The third kappa shape index (κ3) is 9.68. The molecule has 0 spiro atoms. The molecule has 3 heterocycles. The molecule has 1 saturated heterocycles. The van der Waals surface area contributed by atoms with Gasteiger partial charge in [0.1, 0.15) is 23.6 Å². The Labute approximate surface area is 243 Å². The molecule has 1 atom stereocenters. The predicted octanol–water partition coefficient (Wildman–Crippen LogP) is 3.88.